The minimum absolute atomic E-state index is 0.0562. The second kappa shape index (κ2) is 10.8. The van der Waals surface area contributed by atoms with Crippen molar-refractivity contribution in [3.8, 4) is 0 Å². The van der Waals surface area contributed by atoms with Gasteiger partial charge in [0.1, 0.15) is 11.6 Å². The molecule has 176 valence electrons. The molecular formula is C23H32N2O6S. The monoisotopic (exact) mass is 464 g/mol. The van der Waals surface area contributed by atoms with Crippen LogP contribution in [0.15, 0.2) is 24.3 Å². The molecule has 8 nitrogen and oxygen atoms in total. The molecule has 0 bridgehead atoms. The lowest BCUT2D eigenvalue weighted by Gasteiger charge is -2.41. The Balaban J connectivity index is 2.12. The number of nitrogens with zero attached hydrogens (tertiary/aromatic N) is 2. The van der Waals surface area contributed by atoms with Crippen LogP contribution >= 0.6 is 11.8 Å². The zero-order chi connectivity index (χ0) is 24.1. The fourth-order valence-electron chi connectivity index (χ4n) is 3.13. The van der Waals surface area contributed by atoms with Crippen molar-refractivity contribution in [2.45, 2.75) is 51.5 Å². The van der Waals surface area contributed by atoms with Crippen molar-refractivity contribution in [1.82, 2.24) is 9.80 Å². The summed E-state index contributed by atoms with van der Waals surface area (Å²) in [4.78, 5) is 53.5. The Morgan fingerprint density at radius 1 is 1.12 bits per heavy atom. The summed E-state index contributed by atoms with van der Waals surface area (Å²) in [5, 5.41) is -0.354. The fraction of sp³-hybridized carbons (Fsp3) is 0.565. The van der Waals surface area contributed by atoms with Gasteiger partial charge in [-0.1, -0.05) is 29.8 Å². The first kappa shape index (κ1) is 25.7. The highest BCUT2D eigenvalue weighted by atomic mass is 32.2. The molecule has 2 unspecified atom stereocenters. The van der Waals surface area contributed by atoms with E-state index in [0.717, 1.165) is 5.56 Å². The van der Waals surface area contributed by atoms with E-state index in [4.69, 9.17) is 9.47 Å². The van der Waals surface area contributed by atoms with Crippen molar-refractivity contribution in [3.05, 3.63) is 35.4 Å². The molecule has 1 heterocycles. The van der Waals surface area contributed by atoms with Gasteiger partial charge in [-0.15, -0.1) is 0 Å². The third-order valence-electron chi connectivity index (χ3n) is 5.01. The van der Waals surface area contributed by atoms with Gasteiger partial charge in [-0.25, -0.2) is 9.59 Å². The van der Waals surface area contributed by atoms with E-state index >= 15 is 0 Å². The van der Waals surface area contributed by atoms with Crippen LogP contribution in [0, 0.1) is 6.92 Å². The molecule has 1 aliphatic heterocycles. The van der Waals surface area contributed by atoms with Crippen LogP contribution in [0.5, 0.6) is 0 Å². The standard InChI is InChI=1S/C23H32N2O6S/c1-15-7-9-17(10-8-15)19(26)14-30-21(28)18-13-24(22(29)31-23(3,4)5)11-12-25(18)20(27)16(2)32-6/h7-10,16,18H,11-14H2,1-6H3. The molecule has 0 spiro atoms. The van der Waals surface area contributed by atoms with Crippen LogP contribution in [0.2, 0.25) is 0 Å². The number of Topliss-reactive ketones (excluding diaryl/α,β-unsaturated/α-hetero) is 1. The molecule has 0 N–H and O–H groups in total. The van der Waals surface area contributed by atoms with Crippen LogP contribution in [-0.2, 0) is 19.1 Å². The van der Waals surface area contributed by atoms with Crippen molar-refractivity contribution in [2.24, 2.45) is 0 Å². The Morgan fingerprint density at radius 3 is 2.31 bits per heavy atom. The van der Waals surface area contributed by atoms with Crippen molar-refractivity contribution >= 4 is 35.5 Å². The average molecular weight is 465 g/mol. The molecule has 0 aromatic heterocycles. The van der Waals surface area contributed by atoms with Gasteiger partial charge in [-0.2, -0.15) is 11.8 Å². The minimum atomic E-state index is -1.01. The molecule has 0 radical (unpaired) electrons. The van der Waals surface area contributed by atoms with Gasteiger partial charge in [0.25, 0.3) is 0 Å². The first-order valence-corrected chi connectivity index (χ1v) is 11.8. The number of carbonyl (C=O) groups excluding carboxylic acids is 4. The predicted octanol–water partition coefficient (Wildman–Crippen LogP) is 2.92. The highest BCUT2D eigenvalue weighted by molar-refractivity contribution is 7.99. The maximum atomic E-state index is 12.9. The van der Waals surface area contributed by atoms with Crippen LogP contribution in [0.3, 0.4) is 0 Å². The average Bonchev–Trinajstić information content (AvgIpc) is 2.75. The number of thioether (sulfide) groups is 1. The highest BCUT2D eigenvalue weighted by Gasteiger charge is 2.40. The summed E-state index contributed by atoms with van der Waals surface area (Å²) in [5.41, 5.74) is 0.764. The van der Waals surface area contributed by atoms with E-state index in [1.54, 1.807) is 52.0 Å². The summed E-state index contributed by atoms with van der Waals surface area (Å²) in [6, 6.07) is 5.95. The molecule has 2 atom stereocenters. The molecule has 2 rings (SSSR count). The molecule has 1 aromatic rings. The lowest BCUT2D eigenvalue weighted by molar-refractivity contribution is -0.157. The highest BCUT2D eigenvalue weighted by Crippen LogP contribution is 2.19. The zero-order valence-electron chi connectivity index (χ0n) is 19.5. The zero-order valence-corrected chi connectivity index (χ0v) is 20.4. The number of benzene rings is 1. The summed E-state index contributed by atoms with van der Waals surface area (Å²) in [6.07, 6.45) is 1.25. The third kappa shape index (κ3) is 6.98. The Kier molecular flexibility index (Phi) is 8.72. The lowest BCUT2D eigenvalue weighted by atomic mass is 10.1. The van der Waals surface area contributed by atoms with E-state index in [0.29, 0.717) is 5.56 Å². The number of carbonyl (C=O) groups is 4. The second-order valence-corrected chi connectivity index (χ2v) is 9.93. The molecule has 32 heavy (non-hydrogen) atoms. The van der Waals surface area contributed by atoms with E-state index in [1.807, 2.05) is 13.2 Å². The lowest BCUT2D eigenvalue weighted by Crippen LogP contribution is -2.61. The van der Waals surface area contributed by atoms with E-state index in [1.165, 1.54) is 21.6 Å². The smallest absolute Gasteiger partial charge is 0.410 e. The van der Waals surface area contributed by atoms with Gasteiger partial charge < -0.3 is 19.3 Å². The van der Waals surface area contributed by atoms with Crippen LogP contribution in [0.25, 0.3) is 0 Å². The number of ether oxygens (including phenoxy) is 2. The molecule has 9 heteroatoms. The van der Waals surface area contributed by atoms with Crippen molar-refractivity contribution < 1.29 is 28.7 Å². The van der Waals surface area contributed by atoms with Gasteiger partial charge in [0.05, 0.1) is 11.8 Å². The van der Waals surface area contributed by atoms with Gasteiger partial charge in [0.15, 0.2) is 12.4 Å². The summed E-state index contributed by atoms with van der Waals surface area (Å²) >= 11 is 1.37. The first-order valence-electron chi connectivity index (χ1n) is 10.5. The molecule has 0 saturated carbocycles. The van der Waals surface area contributed by atoms with Gasteiger partial charge >= 0.3 is 12.1 Å². The molecule has 1 aliphatic rings. The topological polar surface area (TPSA) is 93.2 Å². The maximum Gasteiger partial charge on any atom is 0.410 e. The Bertz CT molecular complexity index is 849. The third-order valence-corrected chi connectivity index (χ3v) is 5.92. The molecule has 2 amide bonds. The van der Waals surface area contributed by atoms with Gasteiger partial charge in [0.2, 0.25) is 5.91 Å². The normalized spacial score (nSPS) is 17.5. The number of amides is 2. The first-order chi connectivity index (χ1) is 14.9. The SMILES string of the molecule is CSC(C)C(=O)N1CCN(C(=O)OC(C)(C)C)CC1C(=O)OCC(=O)c1ccc(C)cc1. The Morgan fingerprint density at radius 2 is 1.75 bits per heavy atom. The number of piperazine rings is 1. The van der Waals surface area contributed by atoms with Crippen LogP contribution in [-0.4, -0.2) is 82.9 Å². The predicted molar refractivity (Wildman–Crippen MR) is 123 cm³/mol. The summed E-state index contributed by atoms with van der Waals surface area (Å²) in [5.74, 6) is -1.28. The fourth-order valence-corrected chi connectivity index (χ4v) is 3.47. The van der Waals surface area contributed by atoms with Crippen molar-refractivity contribution in [2.75, 3.05) is 32.5 Å². The number of hydrogen-bond acceptors (Lipinski definition) is 7. The van der Waals surface area contributed by atoms with Crippen molar-refractivity contribution in [1.29, 1.82) is 0 Å². The Hall–Kier alpha value is -2.55. The molecule has 1 fully saturated rings. The number of rotatable bonds is 6. The quantitative estimate of drug-likeness (QED) is 0.472. The Labute approximate surface area is 193 Å². The van der Waals surface area contributed by atoms with Crippen LogP contribution < -0.4 is 0 Å². The van der Waals surface area contributed by atoms with Crippen LogP contribution in [0.4, 0.5) is 4.79 Å². The molecule has 1 aromatic carbocycles. The number of aryl methyl sites for hydroxylation is 1. The van der Waals surface area contributed by atoms with Crippen molar-refractivity contribution in [3.63, 3.8) is 0 Å². The molecular weight excluding hydrogens is 432 g/mol. The largest absolute Gasteiger partial charge is 0.456 e. The van der Waals surface area contributed by atoms with Crippen LogP contribution in [0.1, 0.15) is 43.6 Å². The maximum absolute atomic E-state index is 12.9. The second-order valence-electron chi connectivity index (χ2n) is 8.75. The van der Waals surface area contributed by atoms with Gasteiger partial charge in [-0.05, 0) is 40.9 Å². The van der Waals surface area contributed by atoms with E-state index in [9.17, 15) is 19.2 Å². The number of hydrogen-bond donors (Lipinski definition) is 0. The summed E-state index contributed by atoms with van der Waals surface area (Å²) < 4.78 is 10.7. The molecule has 0 aliphatic carbocycles. The van der Waals surface area contributed by atoms with E-state index in [2.05, 4.69) is 0 Å². The number of ketones is 1. The van der Waals surface area contributed by atoms with E-state index < -0.39 is 30.3 Å². The van der Waals surface area contributed by atoms with Gasteiger partial charge in [-0.3, -0.25) is 9.59 Å². The molecule has 1 saturated heterocycles. The van der Waals surface area contributed by atoms with Gasteiger partial charge in [0, 0.05) is 18.7 Å². The summed E-state index contributed by atoms with van der Waals surface area (Å²) in [7, 11) is 0. The number of esters is 1. The summed E-state index contributed by atoms with van der Waals surface area (Å²) in [6.45, 7) is 8.87. The van der Waals surface area contributed by atoms with E-state index in [-0.39, 0.29) is 36.6 Å². The minimum Gasteiger partial charge on any atom is -0.456 e.